The highest BCUT2D eigenvalue weighted by Crippen LogP contribution is 2.55. The Morgan fingerprint density at radius 3 is 2.29 bits per heavy atom. The Hall–Kier alpha value is -4.85. The Morgan fingerprint density at radius 1 is 0.945 bits per heavy atom. The number of hydrogen-bond donors (Lipinski definition) is 1. The summed E-state index contributed by atoms with van der Waals surface area (Å²) in [5.74, 6) is -1.77. The molecule has 0 spiro atoms. The highest BCUT2D eigenvalue weighted by molar-refractivity contribution is 6.18. The van der Waals surface area contributed by atoms with Crippen LogP contribution >= 0.6 is 0 Å². The van der Waals surface area contributed by atoms with Crippen LogP contribution in [0.1, 0.15) is 68.6 Å². The van der Waals surface area contributed by atoms with Crippen molar-refractivity contribution in [2.24, 2.45) is 0 Å². The SMILES string of the molecule is C[C@@H]1COCCN1C[C@H]1CN(C(=O)OC(C)(C)C)[C@H](C)CN1CC(=O)N1CC2(C)C(=O)N(c3ccc(C(=O)O)cc3)c3cc(Cc4ccc(F)cc4)cc1c32. The largest absolute Gasteiger partial charge is 0.478 e. The number of morpholine rings is 1. The van der Waals surface area contributed by atoms with Crippen LogP contribution in [0.5, 0.6) is 0 Å². The number of aromatic carboxylic acids is 1. The molecule has 4 heterocycles. The van der Waals surface area contributed by atoms with E-state index in [1.54, 1.807) is 39.0 Å². The first-order chi connectivity index (χ1) is 26.0. The zero-order valence-corrected chi connectivity index (χ0v) is 32.4. The van der Waals surface area contributed by atoms with Crippen LogP contribution in [0.3, 0.4) is 0 Å². The van der Waals surface area contributed by atoms with Gasteiger partial charge >= 0.3 is 12.1 Å². The first-order valence-corrected chi connectivity index (χ1v) is 19.0. The molecule has 0 aromatic heterocycles. The van der Waals surface area contributed by atoms with E-state index in [1.165, 1.54) is 24.3 Å². The summed E-state index contributed by atoms with van der Waals surface area (Å²) < 4.78 is 25.3. The van der Waals surface area contributed by atoms with Gasteiger partial charge in [0.15, 0.2) is 0 Å². The fourth-order valence-corrected chi connectivity index (χ4v) is 8.42. The number of piperazine rings is 1. The Morgan fingerprint density at radius 2 is 1.64 bits per heavy atom. The summed E-state index contributed by atoms with van der Waals surface area (Å²) in [4.78, 5) is 63.9. The van der Waals surface area contributed by atoms with Crippen LogP contribution in [0.25, 0.3) is 0 Å². The lowest BCUT2D eigenvalue weighted by atomic mass is 9.85. The van der Waals surface area contributed by atoms with Gasteiger partial charge in [-0.3, -0.25) is 24.3 Å². The molecule has 3 amide bonds. The average molecular weight is 756 g/mol. The van der Waals surface area contributed by atoms with Crippen molar-refractivity contribution in [1.82, 2.24) is 14.7 Å². The third-order valence-corrected chi connectivity index (χ3v) is 11.3. The topological polar surface area (TPSA) is 123 Å². The van der Waals surface area contributed by atoms with Crippen LogP contribution in [0.15, 0.2) is 60.7 Å². The summed E-state index contributed by atoms with van der Waals surface area (Å²) in [6.45, 7) is 15.2. The Kier molecular flexibility index (Phi) is 10.2. The molecular weight excluding hydrogens is 705 g/mol. The molecule has 1 unspecified atom stereocenters. The van der Waals surface area contributed by atoms with Crippen molar-refractivity contribution < 1.29 is 38.1 Å². The standard InChI is InChI=1S/C42H50FN5O7/c1-26-20-45(33(21-44-15-16-54-24-27(44)2)22-46(26)40(53)55-41(3,4)5)23-36(49)47-25-42(6)37-34(47)18-29(17-28-7-11-31(43)12-8-28)19-35(37)48(39(42)52)32-13-9-30(10-14-32)38(50)51/h7-14,18-19,26-27,33H,15-17,20-25H2,1-6H3,(H,50,51)/t26-,27-,33+,42?/m1/s1. The lowest BCUT2D eigenvalue weighted by molar-refractivity contribution is -0.122. The van der Waals surface area contributed by atoms with Gasteiger partial charge in [-0.2, -0.15) is 0 Å². The maximum atomic E-state index is 14.7. The molecule has 4 aliphatic rings. The third-order valence-electron chi connectivity index (χ3n) is 11.3. The first-order valence-electron chi connectivity index (χ1n) is 19.0. The number of carboxylic acids is 1. The van der Waals surface area contributed by atoms with Gasteiger partial charge in [-0.1, -0.05) is 12.1 Å². The molecule has 4 aliphatic heterocycles. The Balaban J connectivity index is 1.22. The van der Waals surface area contributed by atoms with Crippen molar-refractivity contribution in [3.8, 4) is 0 Å². The maximum Gasteiger partial charge on any atom is 0.410 e. The quantitative estimate of drug-likeness (QED) is 0.321. The normalized spacial score (nSPS) is 24.3. The number of hydrogen-bond acceptors (Lipinski definition) is 8. The van der Waals surface area contributed by atoms with Crippen molar-refractivity contribution in [2.45, 2.75) is 77.1 Å². The smallest absolute Gasteiger partial charge is 0.410 e. The first kappa shape index (κ1) is 38.4. The second-order valence-electron chi connectivity index (χ2n) is 16.6. The van der Waals surface area contributed by atoms with Crippen molar-refractivity contribution in [3.05, 3.63) is 88.7 Å². The number of anilines is 3. The molecule has 3 aromatic carbocycles. The van der Waals surface area contributed by atoms with Gasteiger partial charge in [0.1, 0.15) is 11.4 Å². The molecule has 292 valence electrons. The minimum atomic E-state index is -1.06. The van der Waals surface area contributed by atoms with Crippen LogP contribution < -0.4 is 9.80 Å². The number of benzene rings is 3. The van der Waals surface area contributed by atoms with Gasteiger partial charge in [-0.05, 0) is 108 Å². The van der Waals surface area contributed by atoms with Crippen LogP contribution in [0.2, 0.25) is 0 Å². The third kappa shape index (κ3) is 7.57. The van der Waals surface area contributed by atoms with E-state index < -0.39 is 17.0 Å². The minimum absolute atomic E-state index is 0.0808. The lowest BCUT2D eigenvalue weighted by Gasteiger charge is -2.47. The van der Waals surface area contributed by atoms with Crippen molar-refractivity contribution in [3.63, 3.8) is 0 Å². The molecule has 7 rings (SSSR count). The van der Waals surface area contributed by atoms with E-state index in [1.807, 2.05) is 46.8 Å². The number of amides is 3. The second kappa shape index (κ2) is 14.7. The molecule has 0 bridgehead atoms. The van der Waals surface area contributed by atoms with E-state index in [0.29, 0.717) is 56.3 Å². The highest BCUT2D eigenvalue weighted by Gasteiger charge is 2.56. The number of carboxylic acid groups (broad SMARTS) is 1. The molecule has 0 radical (unpaired) electrons. The van der Waals surface area contributed by atoms with Crippen LogP contribution in [0, 0.1) is 5.82 Å². The molecule has 1 N–H and O–H groups in total. The van der Waals surface area contributed by atoms with E-state index >= 15 is 0 Å². The number of ether oxygens (including phenoxy) is 2. The molecule has 3 aromatic rings. The van der Waals surface area contributed by atoms with Gasteiger partial charge in [0.25, 0.3) is 0 Å². The zero-order valence-electron chi connectivity index (χ0n) is 32.4. The van der Waals surface area contributed by atoms with Crippen molar-refractivity contribution in [1.29, 1.82) is 0 Å². The van der Waals surface area contributed by atoms with E-state index in [-0.39, 0.29) is 60.5 Å². The summed E-state index contributed by atoms with van der Waals surface area (Å²) in [6, 6.07) is 16.2. The van der Waals surface area contributed by atoms with E-state index in [4.69, 9.17) is 9.47 Å². The molecule has 4 atom stereocenters. The Labute approximate surface area is 321 Å². The van der Waals surface area contributed by atoms with Gasteiger partial charge in [-0.15, -0.1) is 0 Å². The average Bonchev–Trinajstić information content (AvgIpc) is 3.55. The number of carbonyl (C=O) groups excluding carboxylic acids is 3. The van der Waals surface area contributed by atoms with Crippen molar-refractivity contribution >= 4 is 40.9 Å². The highest BCUT2D eigenvalue weighted by atomic mass is 19.1. The van der Waals surface area contributed by atoms with Gasteiger partial charge in [0, 0.05) is 62.1 Å². The van der Waals surface area contributed by atoms with E-state index in [9.17, 15) is 28.7 Å². The second-order valence-corrected chi connectivity index (χ2v) is 16.6. The molecule has 2 saturated heterocycles. The van der Waals surface area contributed by atoms with Gasteiger partial charge < -0.3 is 24.4 Å². The van der Waals surface area contributed by atoms with E-state index in [0.717, 1.165) is 23.2 Å². The minimum Gasteiger partial charge on any atom is -0.478 e. The summed E-state index contributed by atoms with van der Waals surface area (Å²) in [5.41, 5.74) is 2.68. The van der Waals surface area contributed by atoms with E-state index in [2.05, 4.69) is 16.7 Å². The molecule has 12 nitrogen and oxygen atoms in total. The van der Waals surface area contributed by atoms with Gasteiger partial charge in [0.05, 0.1) is 42.1 Å². The molecule has 55 heavy (non-hydrogen) atoms. The summed E-state index contributed by atoms with van der Waals surface area (Å²) in [5, 5.41) is 9.50. The summed E-state index contributed by atoms with van der Waals surface area (Å²) in [6.07, 6.45) is 0.0581. The summed E-state index contributed by atoms with van der Waals surface area (Å²) in [7, 11) is 0. The maximum absolute atomic E-state index is 14.7. The number of halogens is 1. The molecule has 0 saturated carbocycles. The number of carbonyl (C=O) groups is 4. The lowest BCUT2D eigenvalue weighted by Crippen LogP contribution is -2.64. The number of rotatable bonds is 8. The fraction of sp³-hybridized carbons (Fsp3) is 0.476. The zero-order chi connectivity index (χ0) is 39.4. The Bertz CT molecular complexity index is 1980. The fourth-order valence-electron chi connectivity index (χ4n) is 8.42. The molecule has 0 aliphatic carbocycles. The van der Waals surface area contributed by atoms with Crippen LogP contribution in [-0.2, 0) is 30.9 Å². The van der Waals surface area contributed by atoms with Crippen molar-refractivity contribution in [2.75, 3.05) is 62.3 Å². The van der Waals surface area contributed by atoms with Crippen LogP contribution in [0.4, 0.5) is 26.2 Å². The molecular formula is C42H50FN5O7. The molecule has 2 fully saturated rings. The predicted molar refractivity (Wildman–Crippen MR) is 206 cm³/mol. The van der Waals surface area contributed by atoms with Gasteiger partial charge in [0.2, 0.25) is 11.8 Å². The monoisotopic (exact) mass is 755 g/mol. The van der Waals surface area contributed by atoms with Gasteiger partial charge in [-0.25, -0.2) is 14.0 Å². The summed E-state index contributed by atoms with van der Waals surface area (Å²) >= 11 is 0. The predicted octanol–water partition coefficient (Wildman–Crippen LogP) is 5.43. The molecule has 13 heteroatoms. The number of nitrogens with zero attached hydrogens (tertiary/aromatic N) is 5. The van der Waals surface area contributed by atoms with Crippen LogP contribution in [-0.4, -0.2) is 120 Å².